The molecular weight excluding hydrogens is 343 g/mol. The molecule has 0 bridgehead atoms. The molecule has 1 aliphatic rings. The van der Waals surface area contributed by atoms with E-state index in [0.29, 0.717) is 0 Å². The number of alkyl halides is 3. The lowest BCUT2D eigenvalue weighted by molar-refractivity contribution is -0.123. The lowest BCUT2D eigenvalue weighted by Crippen LogP contribution is -2.43. The Hall–Kier alpha value is -2.54. The van der Waals surface area contributed by atoms with Gasteiger partial charge in [-0.15, -0.1) is 0 Å². The van der Waals surface area contributed by atoms with Gasteiger partial charge in [0.05, 0.1) is 0 Å². The summed E-state index contributed by atoms with van der Waals surface area (Å²) in [7, 11) is 0. The second-order valence-corrected chi connectivity index (χ2v) is 6.16. The molecule has 2 N–H and O–H groups in total. The van der Waals surface area contributed by atoms with Gasteiger partial charge in [-0.3, -0.25) is 4.79 Å². The molecule has 26 heavy (non-hydrogen) atoms. The van der Waals surface area contributed by atoms with Gasteiger partial charge < -0.3 is 15.5 Å². The minimum Gasteiger partial charge on any atom is -0.369 e. The number of nitrogens with zero attached hydrogens (tertiary/aromatic N) is 1. The number of nitrogens with one attached hydrogen (secondary N) is 2. The number of hydrogen-bond acceptors (Lipinski definition) is 3. The largest absolute Gasteiger partial charge is 0.405 e. The fourth-order valence-electron chi connectivity index (χ4n) is 2.90. The standard InChI is InChI=1S/C19H20F3N3O/c20-19(21,22)13-24-18(26)15-6-4-14(5-7-15)16-2-1-3-17(12-16)25-10-8-23-9-11-25/h1-7,12,23H,8-11,13H2,(H,24,26). The number of anilines is 1. The van der Waals surface area contributed by atoms with E-state index in [4.69, 9.17) is 0 Å². The van der Waals surface area contributed by atoms with Gasteiger partial charge in [0.1, 0.15) is 6.54 Å². The predicted molar refractivity (Wildman–Crippen MR) is 95.3 cm³/mol. The monoisotopic (exact) mass is 363 g/mol. The van der Waals surface area contributed by atoms with Gasteiger partial charge in [-0.1, -0.05) is 24.3 Å². The molecule has 4 nitrogen and oxygen atoms in total. The van der Waals surface area contributed by atoms with Gasteiger partial charge in [-0.2, -0.15) is 13.2 Å². The number of rotatable bonds is 4. The fraction of sp³-hybridized carbons (Fsp3) is 0.316. The summed E-state index contributed by atoms with van der Waals surface area (Å²) in [4.78, 5) is 14.1. The summed E-state index contributed by atoms with van der Waals surface area (Å²) in [5, 5.41) is 5.19. The molecule has 0 radical (unpaired) electrons. The second kappa shape index (κ2) is 7.78. The topological polar surface area (TPSA) is 44.4 Å². The number of amides is 1. The average molecular weight is 363 g/mol. The van der Waals surface area contributed by atoms with Gasteiger partial charge in [-0.05, 0) is 35.4 Å². The van der Waals surface area contributed by atoms with Crippen molar-refractivity contribution in [2.75, 3.05) is 37.6 Å². The fourth-order valence-corrected chi connectivity index (χ4v) is 2.90. The van der Waals surface area contributed by atoms with Crippen LogP contribution >= 0.6 is 0 Å². The molecule has 0 spiro atoms. The van der Waals surface area contributed by atoms with Crippen molar-refractivity contribution < 1.29 is 18.0 Å². The number of halogens is 3. The summed E-state index contributed by atoms with van der Waals surface area (Å²) < 4.78 is 36.6. The van der Waals surface area contributed by atoms with Crippen LogP contribution < -0.4 is 15.5 Å². The Balaban J connectivity index is 1.71. The van der Waals surface area contributed by atoms with Crippen LogP contribution in [0.1, 0.15) is 10.4 Å². The van der Waals surface area contributed by atoms with Gasteiger partial charge in [0.25, 0.3) is 5.91 Å². The Bertz CT molecular complexity index is 753. The molecule has 1 heterocycles. The number of piperazine rings is 1. The lowest BCUT2D eigenvalue weighted by Gasteiger charge is -2.29. The smallest absolute Gasteiger partial charge is 0.369 e. The normalized spacial score (nSPS) is 15.0. The van der Waals surface area contributed by atoms with Crippen molar-refractivity contribution in [2.45, 2.75) is 6.18 Å². The van der Waals surface area contributed by atoms with Gasteiger partial charge in [0, 0.05) is 37.4 Å². The third-order valence-corrected chi connectivity index (χ3v) is 4.26. The van der Waals surface area contributed by atoms with Crippen LogP contribution in [0.3, 0.4) is 0 Å². The summed E-state index contributed by atoms with van der Waals surface area (Å²) >= 11 is 0. The quantitative estimate of drug-likeness (QED) is 0.878. The maximum Gasteiger partial charge on any atom is 0.405 e. The van der Waals surface area contributed by atoms with Crippen molar-refractivity contribution >= 4 is 11.6 Å². The van der Waals surface area contributed by atoms with Crippen LogP contribution in [0.25, 0.3) is 11.1 Å². The molecule has 3 rings (SSSR count). The highest BCUT2D eigenvalue weighted by atomic mass is 19.4. The number of carbonyl (C=O) groups is 1. The predicted octanol–water partition coefficient (Wildman–Crippen LogP) is 3.06. The molecule has 0 unspecified atom stereocenters. The van der Waals surface area contributed by atoms with Crippen LogP contribution in [0.15, 0.2) is 48.5 Å². The first kappa shape index (κ1) is 18.3. The Morgan fingerprint density at radius 2 is 1.73 bits per heavy atom. The number of benzene rings is 2. The van der Waals surface area contributed by atoms with E-state index >= 15 is 0 Å². The zero-order chi connectivity index (χ0) is 18.6. The van der Waals surface area contributed by atoms with E-state index in [1.807, 2.05) is 17.4 Å². The highest BCUT2D eigenvalue weighted by Crippen LogP contribution is 2.25. The van der Waals surface area contributed by atoms with E-state index in [9.17, 15) is 18.0 Å². The molecule has 1 fully saturated rings. The molecule has 7 heteroatoms. The molecule has 1 amide bonds. The third-order valence-electron chi connectivity index (χ3n) is 4.26. The molecule has 138 valence electrons. The van der Waals surface area contributed by atoms with E-state index in [-0.39, 0.29) is 5.56 Å². The molecule has 0 aliphatic carbocycles. The van der Waals surface area contributed by atoms with Crippen molar-refractivity contribution in [3.63, 3.8) is 0 Å². The highest BCUT2D eigenvalue weighted by molar-refractivity contribution is 5.94. The Morgan fingerprint density at radius 1 is 1.04 bits per heavy atom. The Kier molecular flexibility index (Phi) is 5.46. The highest BCUT2D eigenvalue weighted by Gasteiger charge is 2.27. The summed E-state index contributed by atoms with van der Waals surface area (Å²) in [5.41, 5.74) is 3.25. The van der Waals surface area contributed by atoms with Gasteiger partial charge in [0.15, 0.2) is 0 Å². The molecule has 0 aromatic heterocycles. The molecule has 2 aromatic carbocycles. The molecule has 1 saturated heterocycles. The van der Waals surface area contributed by atoms with Crippen molar-refractivity contribution in [3.8, 4) is 11.1 Å². The zero-order valence-electron chi connectivity index (χ0n) is 14.1. The Labute approximate surface area is 150 Å². The van der Waals surface area contributed by atoms with Crippen LogP contribution in [0.4, 0.5) is 18.9 Å². The zero-order valence-corrected chi connectivity index (χ0v) is 14.1. The van der Waals surface area contributed by atoms with Crippen molar-refractivity contribution in [3.05, 3.63) is 54.1 Å². The van der Waals surface area contributed by atoms with Crippen LogP contribution in [0, 0.1) is 0 Å². The van der Waals surface area contributed by atoms with Gasteiger partial charge >= 0.3 is 6.18 Å². The lowest BCUT2D eigenvalue weighted by atomic mass is 10.0. The van der Waals surface area contributed by atoms with Crippen molar-refractivity contribution in [1.29, 1.82) is 0 Å². The first-order chi connectivity index (χ1) is 12.4. The summed E-state index contributed by atoms with van der Waals surface area (Å²) in [6.45, 7) is 2.46. The number of hydrogen-bond donors (Lipinski definition) is 2. The number of carbonyl (C=O) groups excluding carboxylic acids is 1. The van der Waals surface area contributed by atoms with Gasteiger partial charge in [-0.25, -0.2) is 0 Å². The average Bonchev–Trinajstić information content (AvgIpc) is 2.66. The van der Waals surface area contributed by atoms with Crippen LogP contribution in [0.2, 0.25) is 0 Å². The van der Waals surface area contributed by atoms with Crippen LogP contribution in [-0.2, 0) is 0 Å². The molecule has 1 aliphatic heterocycles. The van der Waals surface area contributed by atoms with E-state index in [1.165, 1.54) is 0 Å². The van der Waals surface area contributed by atoms with Crippen LogP contribution in [-0.4, -0.2) is 44.8 Å². The first-order valence-electron chi connectivity index (χ1n) is 8.43. The summed E-state index contributed by atoms with van der Waals surface area (Å²) in [6.07, 6.45) is -4.42. The maximum atomic E-state index is 12.2. The molecule has 2 aromatic rings. The summed E-state index contributed by atoms with van der Waals surface area (Å²) in [5.74, 6) is -0.733. The van der Waals surface area contributed by atoms with Crippen molar-refractivity contribution in [1.82, 2.24) is 10.6 Å². The molecule has 0 saturated carbocycles. The minimum absolute atomic E-state index is 0.205. The van der Waals surface area contributed by atoms with Gasteiger partial charge in [0.2, 0.25) is 0 Å². The van der Waals surface area contributed by atoms with Crippen molar-refractivity contribution in [2.24, 2.45) is 0 Å². The minimum atomic E-state index is -4.42. The van der Waals surface area contributed by atoms with E-state index in [1.54, 1.807) is 24.3 Å². The SMILES string of the molecule is O=C(NCC(F)(F)F)c1ccc(-c2cccc(N3CCNCC3)c2)cc1. The van der Waals surface area contributed by atoms with E-state index in [2.05, 4.69) is 22.3 Å². The first-order valence-corrected chi connectivity index (χ1v) is 8.43. The molecule has 0 atom stereocenters. The van der Waals surface area contributed by atoms with E-state index in [0.717, 1.165) is 43.0 Å². The molecular formula is C19H20F3N3O. The van der Waals surface area contributed by atoms with E-state index < -0.39 is 18.6 Å². The summed E-state index contributed by atoms with van der Waals surface area (Å²) in [6, 6.07) is 14.7. The van der Waals surface area contributed by atoms with Crippen LogP contribution in [0.5, 0.6) is 0 Å². The maximum absolute atomic E-state index is 12.2. The second-order valence-electron chi connectivity index (χ2n) is 6.16. The Morgan fingerprint density at radius 3 is 2.38 bits per heavy atom. The third kappa shape index (κ3) is 4.76.